The van der Waals surface area contributed by atoms with E-state index in [9.17, 15) is 0 Å². The van der Waals surface area contributed by atoms with Crippen LogP contribution in [0.4, 0.5) is 0 Å². The Morgan fingerprint density at radius 2 is 2.00 bits per heavy atom. The highest BCUT2D eigenvalue weighted by Gasteiger charge is 2.17. The van der Waals surface area contributed by atoms with Gasteiger partial charge in [0.25, 0.3) is 0 Å². The third-order valence-electron chi connectivity index (χ3n) is 3.83. The summed E-state index contributed by atoms with van der Waals surface area (Å²) >= 11 is 0. The van der Waals surface area contributed by atoms with Gasteiger partial charge in [-0.2, -0.15) is 0 Å². The Hall–Kier alpha value is -2.13. The van der Waals surface area contributed by atoms with Crippen molar-refractivity contribution in [1.29, 1.82) is 0 Å². The molecule has 0 saturated carbocycles. The van der Waals surface area contributed by atoms with Gasteiger partial charge in [0.15, 0.2) is 0 Å². The van der Waals surface area contributed by atoms with E-state index in [-0.39, 0.29) is 0 Å². The summed E-state index contributed by atoms with van der Waals surface area (Å²) < 4.78 is 0. The van der Waals surface area contributed by atoms with Gasteiger partial charge in [-0.3, -0.25) is 4.98 Å². The van der Waals surface area contributed by atoms with Crippen molar-refractivity contribution < 1.29 is 0 Å². The minimum atomic E-state index is 0.330. The summed E-state index contributed by atoms with van der Waals surface area (Å²) in [5, 5.41) is 1.24. The molecule has 20 heavy (non-hydrogen) atoms. The molecule has 1 aromatic carbocycles. The molecule has 2 aromatic heterocycles. The van der Waals surface area contributed by atoms with Gasteiger partial charge in [0.1, 0.15) is 0 Å². The van der Waals surface area contributed by atoms with Crippen molar-refractivity contribution in [3.8, 4) is 0 Å². The van der Waals surface area contributed by atoms with Gasteiger partial charge in [0.2, 0.25) is 0 Å². The van der Waals surface area contributed by atoms with Crippen LogP contribution < -0.4 is 5.73 Å². The number of rotatable bonds is 4. The first-order valence-corrected chi connectivity index (χ1v) is 6.97. The maximum atomic E-state index is 5.82. The highest BCUT2D eigenvalue weighted by atomic mass is 14.7. The lowest BCUT2D eigenvalue weighted by molar-refractivity contribution is 0.730. The summed E-state index contributed by atoms with van der Waals surface area (Å²) in [6, 6.07) is 10.8. The average Bonchev–Trinajstić information content (AvgIpc) is 2.90. The fraction of sp³-hybridized carbons (Fsp3) is 0.235. The third-order valence-corrected chi connectivity index (χ3v) is 3.83. The van der Waals surface area contributed by atoms with E-state index in [0.717, 1.165) is 11.9 Å². The molecule has 3 rings (SSSR count). The van der Waals surface area contributed by atoms with Crippen LogP contribution in [0.15, 0.2) is 48.9 Å². The Balaban J connectivity index is 2.08. The van der Waals surface area contributed by atoms with Crippen molar-refractivity contribution in [3.63, 3.8) is 0 Å². The molecule has 0 fully saturated rings. The predicted molar refractivity (Wildman–Crippen MR) is 82.8 cm³/mol. The van der Waals surface area contributed by atoms with Gasteiger partial charge in [0, 0.05) is 23.7 Å². The van der Waals surface area contributed by atoms with Crippen LogP contribution in [0.5, 0.6) is 0 Å². The SMILES string of the molecule is Cc1ccc(C(CCN)c2c[nH]c3cnccc23)cc1. The van der Waals surface area contributed by atoms with Crippen molar-refractivity contribution in [3.05, 3.63) is 65.6 Å². The highest BCUT2D eigenvalue weighted by Crippen LogP contribution is 2.32. The number of aromatic amines is 1. The van der Waals surface area contributed by atoms with Crippen LogP contribution in [0.1, 0.15) is 29.0 Å². The summed E-state index contributed by atoms with van der Waals surface area (Å²) in [5.41, 5.74) is 10.8. The summed E-state index contributed by atoms with van der Waals surface area (Å²) in [6.07, 6.45) is 6.74. The Kier molecular flexibility index (Phi) is 3.52. The summed E-state index contributed by atoms with van der Waals surface area (Å²) in [5.74, 6) is 0.330. The fourth-order valence-corrected chi connectivity index (χ4v) is 2.75. The molecule has 3 heteroatoms. The Morgan fingerprint density at radius 1 is 1.20 bits per heavy atom. The molecule has 3 nitrogen and oxygen atoms in total. The van der Waals surface area contributed by atoms with Gasteiger partial charge in [0.05, 0.1) is 11.7 Å². The Labute approximate surface area is 118 Å². The maximum Gasteiger partial charge on any atom is 0.0643 e. The minimum Gasteiger partial charge on any atom is -0.360 e. The Morgan fingerprint density at radius 3 is 2.75 bits per heavy atom. The summed E-state index contributed by atoms with van der Waals surface area (Å²) in [4.78, 5) is 7.46. The smallest absolute Gasteiger partial charge is 0.0643 e. The molecule has 1 unspecified atom stereocenters. The first kappa shape index (κ1) is 12.9. The molecule has 0 aliphatic carbocycles. The van der Waals surface area contributed by atoms with Gasteiger partial charge >= 0.3 is 0 Å². The molecule has 2 heterocycles. The zero-order chi connectivity index (χ0) is 13.9. The average molecular weight is 265 g/mol. The molecule has 102 valence electrons. The van der Waals surface area contributed by atoms with Crippen LogP contribution in [0, 0.1) is 6.92 Å². The molecule has 1 atom stereocenters. The van der Waals surface area contributed by atoms with E-state index in [1.165, 1.54) is 22.1 Å². The van der Waals surface area contributed by atoms with Gasteiger partial charge in [-0.25, -0.2) is 0 Å². The fourth-order valence-electron chi connectivity index (χ4n) is 2.75. The topological polar surface area (TPSA) is 54.7 Å². The summed E-state index contributed by atoms with van der Waals surface area (Å²) in [7, 11) is 0. The molecule has 0 radical (unpaired) electrons. The lowest BCUT2D eigenvalue weighted by atomic mass is 9.88. The van der Waals surface area contributed by atoms with E-state index >= 15 is 0 Å². The second-order valence-corrected chi connectivity index (χ2v) is 5.21. The van der Waals surface area contributed by atoms with E-state index in [2.05, 4.69) is 53.4 Å². The number of nitrogens with two attached hydrogens (primary N) is 1. The third kappa shape index (κ3) is 2.32. The first-order valence-electron chi connectivity index (χ1n) is 6.97. The molecular weight excluding hydrogens is 246 g/mol. The number of nitrogens with one attached hydrogen (secondary N) is 1. The van der Waals surface area contributed by atoms with Crippen LogP contribution in [0.3, 0.4) is 0 Å². The predicted octanol–water partition coefficient (Wildman–Crippen LogP) is 3.35. The van der Waals surface area contributed by atoms with Crippen LogP contribution in [-0.2, 0) is 0 Å². The van der Waals surface area contributed by atoms with Crippen molar-refractivity contribution >= 4 is 10.9 Å². The second kappa shape index (κ2) is 5.47. The van der Waals surface area contributed by atoms with Crippen LogP contribution >= 0.6 is 0 Å². The normalized spacial score (nSPS) is 12.7. The first-order chi connectivity index (χ1) is 9.79. The number of pyridine rings is 1. The number of hydrogen-bond donors (Lipinski definition) is 2. The van der Waals surface area contributed by atoms with Crippen molar-refractivity contribution in [2.24, 2.45) is 5.73 Å². The monoisotopic (exact) mass is 265 g/mol. The minimum absolute atomic E-state index is 0.330. The van der Waals surface area contributed by atoms with Crippen LogP contribution in [0.25, 0.3) is 10.9 Å². The standard InChI is InChI=1S/C17H19N3/c1-12-2-4-13(5-3-12)14(6-8-18)16-10-20-17-11-19-9-7-15(16)17/h2-5,7,9-11,14,20H,6,8,18H2,1H3. The molecule has 0 saturated heterocycles. The second-order valence-electron chi connectivity index (χ2n) is 5.21. The molecule has 0 bridgehead atoms. The molecule has 3 N–H and O–H groups in total. The number of H-pyrrole nitrogens is 1. The van der Waals surface area contributed by atoms with E-state index in [0.29, 0.717) is 12.5 Å². The van der Waals surface area contributed by atoms with Crippen LogP contribution in [-0.4, -0.2) is 16.5 Å². The van der Waals surface area contributed by atoms with Gasteiger partial charge in [-0.1, -0.05) is 29.8 Å². The van der Waals surface area contributed by atoms with Crippen LogP contribution in [0.2, 0.25) is 0 Å². The van der Waals surface area contributed by atoms with E-state index in [1.807, 2.05) is 12.4 Å². The van der Waals surface area contributed by atoms with Crippen molar-refractivity contribution in [1.82, 2.24) is 9.97 Å². The lowest BCUT2D eigenvalue weighted by Gasteiger charge is -2.16. The number of aryl methyl sites for hydroxylation is 1. The van der Waals surface area contributed by atoms with Gasteiger partial charge in [-0.15, -0.1) is 0 Å². The molecular formula is C17H19N3. The number of nitrogens with zero attached hydrogens (tertiary/aromatic N) is 1. The lowest BCUT2D eigenvalue weighted by Crippen LogP contribution is -2.08. The largest absolute Gasteiger partial charge is 0.360 e. The van der Waals surface area contributed by atoms with Crippen molar-refractivity contribution in [2.75, 3.05) is 6.54 Å². The zero-order valence-electron chi connectivity index (χ0n) is 11.6. The van der Waals surface area contributed by atoms with E-state index < -0.39 is 0 Å². The quantitative estimate of drug-likeness (QED) is 0.760. The molecule has 0 amide bonds. The number of benzene rings is 1. The Bertz CT molecular complexity index is 698. The molecule has 0 spiro atoms. The van der Waals surface area contributed by atoms with E-state index in [1.54, 1.807) is 0 Å². The molecule has 3 aromatic rings. The van der Waals surface area contributed by atoms with Gasteiger partial charge in [-0.05, 0) is 37.1 Å². The summed E-state index contributed by atoms with van der Waals surface area (Å²) in [6.45, 7) is 2.79. The number of fused-ring (bicyclic) bond motifs is 1. The van der Waals surface area contributed by atoms with E-state index in [4.69, 9.17) is 5.73 Å². The maximum absolute atomic E-state index is 5.82. The molecule has 0 aliphatic rings. The molecule has 0 aliphatic heterocycles. The number of hydrogen-bond acceptors (Lipinski definition) is 2. The highest BCUT2D eigenvalue weighted by molar-refractivity contribution is 5.83. The number of aromatic nitrogens is 2. The van der Waals surface area contributed by atoms with Crippen molar-refractivity contribution in [2.45, 2.75) is 19.3 Å². The van der Waals surface area contributed by atoms with Gasteiger partial charge < -0.3 is 10.7 Å². The zero-order valence-corrected chi connectivity index (χ0v) is 11.6.